The molecule has 2 atom stereocenters. The van der Waals surface area contributed by atoms with Crippen LogP contribution in [0.3, 0.4) is 0 Å². The predicted molar refractivity (Wildman–Crippen MR) is 159 cm³/mol. The number of hydrogen-bond acceptors (Lipinski definition) is 6. The van der Waals surface area contributed by atoms with E-state index in [1.807, 2.05) is 25.1 Å². The molecule has 0 saturated carbocycles. The van der Waals surface area contributed by atoms with Gasteiger partial charge in [0, 0.05) is 41.3 Å². The lowest BCUT2D eigenvalue weighted by Gasteiger charge is -2.24. The number of carbonyl (C=O) groups excluding carboxylic acids is 4. The van der Waals surface area contributed by atoms with E-state index in [4.69, 9.17) is 10.6 Å². The van der Waals surface area contributed by atoms with E-state index in [2.05, 4.69) is 10.5 Å². The average molecular weight is 563 g/mol. The van der Waals surface area contributed by atoms with Crippen molar-refractivity contribution in [3.8, 4) is 0 Å². The van der Waals surface area contributed by atoms with E-state index in [0.717, 1.165) is 5.56 Å². The fourth-order valence-corrected chi connectivity index (χ4v) is 5.27. The number of oxime groups is 1. The maximum Gasteiger partial charge on any atom is 0.255 e. The number of allylic oxidation sites excluding steroid dienone is 3. The lowest BCUT2D eigenvalue weighted by atomic mass is 9.91. The molecule has 0 bridgehead atoms. The first-order valence-corrected chi connectivity index (χ1v) is 13.6. The van der Waals surface area contributed by atoms with Crippen LogP contribution in [0.4, 0.5) is 5.69 Å². The zero-order valence-corrected chi connectivity index (χ0v) is 23.0. The lowest BCUT2D eigenvalue weighted by Crippen LogP contribution is -2.44. The molecule has 42 heavy (non-hydrogen) atoms. The number of likely N-dealkylation sites (tertiary alicyclic amines) is 1. The molecule has 3 amide bonds. The molecular formula is C33H30N4O5. The Balaban J connectivity index is 1.35. The molecule has 1 spiro atoms. The summed E-state index contributed by atoms with van der Waals surface area (Å²) in [5.41, 5.74) is 7.61. The zero-order chi connectivity index (χ0) is 29.7. The van der Waals surface area contributed by atoms with Crippen molar-refractivity contribution >= 4 is 34.9 Å². The third-order valence-electron chi connectivity index (χ3n) is 7.28. The molecule has 3 aromatic rings. The molecule has 0 aliphatic carbocycles. The van der Waals surface area contributed by atoms with Gasteiger partial charge in [0.15, 0.2) is 11.4 Å². The second-order valence-corrected chi connectivity index (χ2v) is 10.2. The largest absolute Gasteiger partial charge is 0.387 e. The third kappa shape index (κ3) is 5.90. The monoisotopic (exact) mass is 562 g/mol. The maximum atomic E-state index is 13.9. The fraction of sp³-hybridized carbons (Fsp3) is 0.182. The van der Waals surface area contributed by atoms with Crippen LogP contribution >= 0.6 is 0 Å². The summed E-state index contributed by atoms with van der Waals surface area (Å²) in [5, 5.41) is 7.12. The predicted octanol–water partition coefficient (Wildman–Crippen LogP) is 4.25. The normalized spacial score (nSPS) is 19.7. The highest BCUT2D eigenvalue weighted by Gasteiger charge is 2.53. The molecule has 9 nitrogen and oxygen atoms in total. The molecule has 212 valence electrons. The summed E-state index contributed by atoms with van der Waals surface area (Å²) in [5.74, 6) is -1.72. The van der Waals surface area contributed by atoms with Gasteiger partial charge in [-0.2, -0.15) is 0 Å². The van der Waals surface area contributed by atoms with Crippen LogP contribution in [0.1, 0.15) is 51.6 Å². The van der Waals surface area contributed by atoms with Crippen LogP contribution in [0.15, 0.2) is 108 Å². The number of benzene rings is 3. The van der Waals surface area contributed by atoms with Gasteiger partial charge in [0.05, 0.1) is 17.8 Å². The van der Waals surface area contributed by atoms with E-state index < -0.39 is 23.5 Å². The molecule has 0 radical (unpaired) electrons. The number of carbonyl (C=O) groups is 4. The fourth-order valence-electron chi connectivity index (χ4n) is 5.27. The molecule has 3 aromatic carbocycles. The van der Waals surface area contributed by atoms with Crippen molar-refractivity contribution < 1.29 is 24.0 Å². The number of ketones is 1. The van der Waals surface area contributed by atoms with Gasteiger partial charge in [0.25, 0.3) is 5.91 Å². The van der Waals surface area contributed by atoms with Crippen LogP contribution < -0.4 is 11.1 Å². The number of nitrogens with zero attached hydrogens (tertiary/aromatic N) is 2. The van der Waals surface area contributed by atoms with Crippen molar-refractivity contribution in [1.82, 2.24) is 4.90 Å². The van der Waals surface area contributed by atoms with Crippen molar-refractivity contribution in [2.24, 2.45) is 10.9 Å². The number of nitrogens with two attached hydrogens (primary N) is 1. The van der Waals surface area contributed by atoms with Gasteiger partial charge in [0.2, 0.25) is 11.8 Å². The molecule has 1 fully saturated rings. The summed E-state index contributed by atoms with van der Waals surface area (Å²) in [6.45, 7) is 1.92. The summed E-state index contributed by atoms with van der Waals surface area (Å²) >= 11 is 0. The van der Waals surface area contributed by atoms with E-state index in [1.165, 1.54) is 11.0 Å². The van der Waals surface area contributed by atoms with Crippen LogP contribution in [0.5, 0.6) is 0 Å². The molecule has 0 aromatic heterocycles. The number of hydrogen-bond donors (Lipinski definition) is 2. The highest BCUT2D eigenvalue weighted by atomic mass is 16.7. The number of rotatable bonds is 8. The van der Waals surface area contributed by atoms with Crippen molar-refractivity contribution in [2.45, 2.75) is 31.4 Å². The molecule has 2 aliphatic heterocycles. The van der Waals surface area contributed by atoms with E-state index in [-0.39, 0.29) is 35.8 Å². The Labute approximate surface area is 243 Å². The summed E-state index contributed by atoms with van der Waals surface area (Å²) in [6.07, 6.45) is 7.14. The first-order valence-electron chi connectivity index (χ1n) is 13.6. The average Bonchev–Trinajstić information content (AvgIpc) is 3.61. The highest BCUT2D eigenvalue weighted by Crippen LogP contribution is 2.39. The second kappa shape index (κ2) is 12.1. The first-order chi connectivity index (χ1) is 20.3. The Kier molecular flexibility index (Phi) is 8.10. The van der Waals surface area contributed by atoms with Gasteiger partial charge in [-0.05, 0) is 25.1 Å². The van der Waals surface area contributed by atoms with Gasteiger partial charge in [-0.3, -0.25) is 19.2 Å². The van der Waals surface area contributed by atoms with Crippen LogP contribution in [0, 0.1) is 0 Å². The van der Waals surface area contributed by atoms with Gasteiger partial charge in [-0.1, -0.05) is 84.0 Å². The zero-order valence-electron chi connectivity index (χ0n) is 23.0. The SMILES string of the molecule is C/C=C\C=C\C(=O)Nc1cccc(C2=NOC3(C2)C[C@H](C(N)=O)N(C(=O)c2ccccc2C(=O)c2ccccc2)C3)c1. The number of nitrogens with one attached hydrogen (secondary N) is 1. The van der Waals surface area contributed by atoms with Gasteiger partial charge in [0.1, 0.15) is 6.04 Å². The Morgan fingerprint density at radius 3 is 2.45 bits per heavy atom. The van der Waals surface area contributed by atoms with Gasteiger partial charge in [-0.15, -0.1) is 0 Å². The molecule has 5 rings (SSSR count). The van der Waals surface area contributed by atoms with Crippen molar-refractivity contribution in [1.29, 1.82) is 0 Å². The molecule has 2 aliphatic rings. The summed E-state index contributed by atoms with van der Waals surface area (Å²) in [4.78, 5) is 59.2. The highest BCUT2D eigenvalue weighted by molar-refractivity contribution is 6.15. The van der Waals surface area contributed by atoms with E-state index >= 15 is 0 Å². The summed E-state index contributed by atoms with van der Waals surface area (Å²) in [7, 11) is 0. The molecular weight excluding hydrogens is 532 g/mol. The number of anilines is 1. The molecule has 1 unspecified atom stereocenters. The maximum absolute atomic E-state index is 13.9. The third-order valence-corrected chi connectivity index (χ3v) is 7.28. The van der Waals surface area contributed by atoms with Gasteiger partial charge in [-0.25, -0.2) is 0 Å². The molecule has 2 heterocycles. The molecule has 9 heteroatoms. The van der Waals surface area contributed by atoms with E-state index in [1.54, 1.807) is 78.9 Å². The minimum absolute atomic E-state index is 0.0620. The lowest BCUT2D eigenvalue weighted by molar-refractivity contribution is -0.121. The summed E-state index contributed by atoms with van der Waals surface area (Å²) in [6, 6.07) is 21.5. The van der Waals surface area contributed by atoms with Crippen LogP contribution in [0.25, 0.3) is 0 Å². The Bertz CT molecular complexity index is 1630. The Morgan fingerprint density at radius 1 is 0.976 bits per heavy atom. The topological polar surface area (TPSA) is 131 Å². The minimum Gasteiger partial charge on any atom is -0.387 e. The smallest absolute Gasteiger partial charge is 0.255 e. The standard InChI is InChI=1S/C33H30N4O5/c1-2-3-5-17-29(38)35-24-14-10-13-23(18-24)27-19-33(42-36-27)20-28(31(34)40)37(21-33)32(41)26-16-9-8-15-25(26)30(39)22-11-6-4-7-12-22/h2-18,28H,19-21H2,1H3,(H2,34,40)(H,35,38)/b3-2-,17-5+/t28-,33?/m1/s1. The first kappa shape index (κ1) is 28.2. The van der Waals surface area contributed by atoms with E-state index in [9.17, 15) is 19.2 Å². The van der Waals surface area contributed by atoms with Gasteiger partial charge >= 0.3 is 0 Å². The van der Waals surface area contributed by atoms with Crippen molar-refractivity contribution in [3.63, 3.8) is 0 Å². The minimum atomic E-state index is -0.961. The Hall–Kier alpha value is -5.31. The van der Waals surface area contributed by atoms with Crippen LogP contribution in [-0.4, -0.2) is 52.3 Å². The molecule has 1 saturated heterocycles. The summed E-state index contributed by atoms with van der Waals surface area (Å²) < 4.78 is 0. The van der Waals surface area contributed by atoms with Crippen LogP contribution in [0.2, 0.25) is 0 Å². The van der Waals surface area contributed by atoms with Crippen molar-refractivity contribution in [3.05, 3.63) is 125 Å². The van der Waals surface area contributed by atoms with Crippen LogP contribution in [-0.2, 0) is 14.4 Å². The Morgan fingerprint density at radius 2 is 1.71 bits per heavy atom. The molecule has 3 N–H and O–H groups in total. The van der Waals surface area contributed by atoms with Crippen molar-refractivity contribution in [2.75, 3.05) is 11.9 Å². The second-order valence-electron chi connectivity index (χ2n) is 10.2. The number of primary amides is 1. The van der Waals surface area contributed by atoms with Gasteiger partial charge < -0.3 is 20.8 Å². The quantitative estimate of drug-likeness (QED) is 0.241. The van der Waals surface area contributed by atoms with E-state index in [0.29, 0.717) is 23.4 Å². The number of amides is 3.